The van der Waals surface area contributed by atoms with Gasteiger partial charge in [0.1, 0.15) is 5.82 Å². The van der Waals surface area contributed by atoms with E-state index in [0.717, 1.165) is 27.9 Å². The monoisotopic (exact) mass is 379 g/mol. The molecule has 3 rings (SSSR count). The van der Waals surface area contributed by atoms with Crippen molar-refractivity contribution in [3.63, 3.8) is 0 Å². The summed E-state index contributed by atoms with van der Waals surface area (Å²) in [5, 5.41) is 5.79. The lowest BCUT2D eigenvalue weighted by Gasteiger charge is -2.11. The molecule has 0 saturated heterocycles. The molecule has 0 aliphatic heterocycles. The van der Waals surface area contributed by atoms with Crippen LogP contribution < -0.4 is 10.6 Å². The summed E-state index contributed by atoms with van der Waals surface area (Å²) in [7, 11) is 1.85. The minimum Gasteiger partial charge on any atom is -0.388 e. The lowest BCUT2D eigenvalue weighted by atomic mass is 9.98. The number of anilines is 1. The number of hydrogen-bond acceptors (Lipinski definition) is 3. The van der Waals surface area contributed by atoms with E-state index < -0.39 is 11.7 Å². The van der Waals surface area contributed by atoms with Crippen molar-refractivity contribution in [1.29, 1.82) is 0 Å². The Morgan fingerprint density at radius 3 is 2.50 bits per heavy atom. The number of halogens is 1. The van der Waals surface area contributed by atoms with E-state index in [9.17, 15) is 9.18 Å². The fourth-order valence-electron chi connectivity index (χ4n) is 2.79. The zero-order valence-corrected chi connectivity index (χ0v) is 16.7. The average Bonchev–Trinajstić information content (AvgIpc) is 2.74. The summed E-state index contributed by atoms with van der Waals surface area (Å²) in [6, 6.07) is 14.2. The van der Waals surface area contributed by atoms with Crippen molar-refractivity contribution in [3.05, 3.63) is 83.4 Å². The Morgan fingerprint density at radius 1 is 1.11 bits per heavy atom. The first kappa shape index (κ1) is 21.1. The Bertz CT molecular complexity index is 926. The predicted octanol–water partition coefficient (Wildman–Crippen LogP) is 5.19. The van der Waals surface area contributed by atoms with Crippen molar-refractivity contribution in [2.45, 2.75) is 27.3 Å². The lowest BCUT2D eigenvalue weighted by molar-refractivity contribution is 0.0947. The average molecular weight is 379 g/mol. The number of nitrogens with zero attached hydrogens (tertiary/aromatic N) is 1. The highest BCUT2D eigenvalue weighted by atomic mass is 19.1. The van der Waals surface area contributed by atoms with Crippen LogP contribution in [0.2, 0.25) is 0 Å². The van der Waals surface area contributed by atoms with Crippen LogP contribution in [0.5, 0.6) is 0 Å². The number of rotatable bonds is 5. The van der Waals surface area contributed by atoms with Crippen LogP contribution in [0.15, 0.2) is 60.9 Å². The first-order chi connectivity index (χ1) is 13.6. The van der Waals surface area contributed by atoms with Gasteiger partial charge in [-0.1, -0.05) is 32.0 Å². The van der Waals surface area contributed by atoms with Gasteiger partial charge in [-0.3, -0.25) is 9.78 Å². The second-order valence-corrected chi connectivity index (χ2v) is 6.02. The maximum Gasteiger partial charge on any atom is 0.254 e. The van der Waals surface area contributed by atoms with Crippen LogP contribution in [0.3, 0.4) is 0 Å². The van der Waals surface area contributed by atoms with Crippen LogP contribution in [-0.4, -0.2) is 17.9 Å². The summed E-state index contributed by atoms with van der Waals surface area (Å²) in [5.74, 6) is -0.983. The molecule has 0 aliphatic rings. The topological polar surface area (TPSA) is 54.0 Å². The Morgan fingerprint density at radius 2 is 1.89 bits per heavy atom. The maximum atomic E-state index is 14.5. The highest BCUT2D eigenvalue weighted by molar-refractivity contribution is 5.95. The fraction of sp³-hybridized carbons (Fsp3) is 0.217. The smallest absolute Gasteiger partial charge is 0.254 e. The quantitative estimate of drug-likeness (QED) is 0.641. The van der Waals surface area contributed by atoms with Crippen LogP contribution in [-0.2, 0) is 6.54 Å². The molecule has 4 nitrogen and oxygen atoms in total. The highest BCUT2D eigenvalue weighted by Gasteiger charge is 2.13. The van der Waals surface area contributed by atoms with E-state index in [1.165, 1.54) is 12.1 Å². The maximum absolute atomic E-state index is 14.5. The molecule has 0 saturated carbocycles. The minimum absolute atomic E-state index is 0.0298. The molecular formula is C23H26FN3O. The van der Waals surface area contributed by atoms with Gasteiger partial charge in [0.05, 0.1) is 5.56 Å². The van der Waals surface area contributed by atoms with Crippen molar-refractivity contribution in [1.82, 2.24) is 10.3 Å². The van der Waals surface area contributed by atoms with Gasteiger partial charge in [0.2, 0.25) is 0 Å². The third-order valence-corrected chi connectivity index (χ3v) is 4.22. The van der Waals surface area contributed by atoms with Crippen LogP contribution in [0, 0.1) is 12.7 Å². The fourth-order valence-corrected chi connectivity index (χ4v) is 2.79. The van der Waals surface area contributed by atoms with Crippen LogP contribution >= 0.6 is 0 Å². The summed E-state index contributed by atoms with van der Waals surface area (Å²) in [5.41, 5.74) is 4.60. The van der Waals surface area contributed by atoms with Crippen molar-refractivity contribution >= 4 is 11.6 Å². The molecule has 2 aromatic carbocycles. The van der Waals surface area contributed by atoms with Gasteiger partial charge in [0, 0.05) is 31.7 Å². The highest BCUT2D eigenvalue weighted by Crippen LogP contribution is 2.27. The van der Waals surface area contributed by atoms with E-state index in [1.54, 1.807) is 24.5 Å². The largest absolute Gasteiger partial charge is 0.388 e. The zero-order valence-electron chi connectivity index (χ0n) is 16.7. The van der Waals surface area contributed by atoms with Crippen LogP contribution in [0.25, 0.3) is 11.1 Å². The Hall–Kier alpha value is -3.21. The molecule has 0 bridgehead atoms. The summed E-state index contributed by atoms with van der Waals surface area (Å²) in [4.78, 5) is 16.2. The number of pyridine rings is 1. The summed E-state index contributed by atoms with van der Waals surface area (Å²) >= 11 is 0. The Kier molecular flexibility index (Phi) is 7.69. The van der Waals surface area contributed by atoms with Crippen molar-refractivity contribution < 1.29 is 9.18 Å². The number of aryl methyl sites for hydroxylation is 1. The molecule has 1 heterocycles. The molecule has 1 aromatic heterocycles. The molecule has 1 amide bonds. The van der Waals surface area contributed by atoms with Crippen molar-refractivity contribution in [2.24, 2.45) is 0 Å². The van der Waals surface area contributed by atoms with Gasteiger partial charge in [-0.2, -0.15) is 0 Å². The van der Waals surface area contributed by atoms with E-state index in [4.69, 9.17) is 0 Å². The second-order valence-electron chi connectivity index (χ2n) is 6.02. The molecule has 0 radical (unpaired) electrons. The number of aromatic nitrogens is 1. The van der Waals surface area contributed by atoms with Crippen LogP contribution in [0.1, 0.15) is 35.3 Å². The van der Waals surface area contributed by atoms with Gasteiger partial charge in [-0.25, -0.2) is 4.39 Å². The lowest BCUT2D eigenvalue weighted by Crippen LogP contribution is -2.23. The zero-order chi connectivity index (χ0) is 20.5. The van der Waals surface area contributed by atoms with Gasteiger partial charge < -0.3 is 10.6 Å². The Balaban J connectivity index is 0.00000136. The number of amides is 1. The number of carbonyl (C=O) groups excluding carboxylic acids is 1. The molecule has 2 N–H and O–H groups in total. The standard InChI is InChI=1S/C21H20FN3O.C2H6/c1-14-10-17(23-2)6-8-18(14)16-5-7-19(20(22)11-16)21(26)25-13-15-4-3-9-24-12-15;1-2/h3-12,23H,13H2,1-2H3,(H,25,26);1-2H3. The van der Waals surface area contributed by atoms with E-state index in [-0.39, 0.29) is 5.56 Å². The van der Waals surface area contributed by atoms with Crippen molar-refractivity contribution in [2.75, 3.05) is 12.4 Å². The molecule has 146 valence electrons. The van der Waals surface area contributed by atoms with Gasteiger partial charge in [-0.15, -0.1) is 0 Å². The molecular weight excluding hydrogens is 353 g/mol. The number of carbonyl (C=O) groups is 1. The summed E-state index contributed by atoms with van der Waals surface area (Å²) in [6.45, 7) is 6.28. The normalized spacial score (nSPS) is 9.89. The molecule has 0 fully saturated rings. The number of nitrogens with one attached hydrogen (secondary N) is 2. The summed E-state index contributed by atoms with van der Waals surface area (Å²) < 4.78 is 14.5. The molecule has 0 unspecified atom stereocenters. The SMILES string of the molecule is CC.CNc1ccc(-c2ccc(C(=O)NCc3cccnc3)c(F)c2)c(C)c1. The van der Waals surface area contributed by atoms with Crippen LogP contribution in [0.4, 0.5) is 10.1 Å². The van der Waals surface area contributed by atoms with E-state index in [1.807, 2.05) is 52.1 Å². The first-order valence-electron chi connectivity index (χ1n) is 9.34. The molecule has 3 aromatic rings. The van der Waals surface area contributed by atoms with E-state index in [0.29, 0.717) is 6.54 Å². The van der Waals surface area contributed by atoms with E-state index in [2.05, 4.69) is 15.6 Å². The third kappa shape index (κ3) is 5.16. The van der Waals surface area contributed by atoms with Gasteiger partial charge in [0.15, 0.2) is 0 Å². The number of hydrogen-bond donors (Lipinski definition) is 2. The number of benzene rings is 2. The molecule has 0 spiro atoms. The second kappa shape index (κ2) is 10.2. The molecule has 0 aliphatic carbocycles. The molecule has 28 heavy (non-hydrogen) atoms. The first-order valence-corrected chi connectivity index (χ1v) is 9.34. The summed E-state index contributed by atoms with van der Waals surface area (Å²) in [6.07, 6.45) is 3.33. The Labute approximate surface area is 165 Å². The van der Waals surface area contributed by atoms with Gasteiger partial charge in [0.25, 0.3) is 5.91 Å². The van der Waals surface area contributed by atoms with Gasteiger partial charge >= 0.3 is 0 Å². The van der Waals surface area contributed by atoms with E-state index >= 15 is 0 Å². The minimum atomic E-state index is -0.539. The molecule has 0 atom stereocenters. The van der Waals surface area contributed by atoms with Gasteiger partial charge in [-0.05, 0) is 59.5 Å². The third-order valence-electron chi connectivity index (χ3n) is 4.22. The van der Waals surface area contributed by atoms with Crippen molar-refractivity contribution in [3.8, 4) is 11.1 Å². The molecule has 5 heteroatoms. The predicted molar refractivity (Wildman–Crippen MR) is 113 cm³/mol.